The first kappa shape index (κ1) is 32.1. The Labute approximate surface area is 189 Å². The summed E-state index contributed by atoms with van der Waals surface area (Å²) in [4.78, 5) is 9.95. The molecule has 0 bridgehead atoms. The lowest BCUT2D eigenvalue weighted by molar-refractivity contribution is 0.123. The summed E-state index contributed by atoms with van der Waals surface area (Å²) in [6, 6.07) is 0.833. The van der Waals surface area contributed by atoms with Crippen LogP contribution in [0.15, 0.2) is 0 Å². The van der Waals surface area contributed by atoms with Crippen molar-refractivity contribution in [1.82, 2.24) is 0 Å². The van der Waals surface area contributed by atoms with Gasteiger partial charge in [0.1, 0.15) is 0 Å². The van der Waals surface area contributed by atoms with Gasteiger partial charge >= 0.3 is 17.6 Å². The molecule has 0 aliphatic carbocycles. The average molecular weight is 507 g/mol. The largest absolute Gasteiger partial charge is 0.500 e. The van der Waals surface area contributed by atoms with E-state index in [2.05, 4.69) is 51.9 Å². The SMILES string of the molecule is C1CCOC1.CO[Si](CCCS)(OC)OC.C[Si](C)(C)O[Si](C)(O)O[Si](C)(C)C. The molecular formula is C17H46O7SSi4. The van der Waals surface area contributed by atoms with Crippen molar-refractivity contribution in [1.29, 1.82) is 0 Å². The molecule has 0 aromatic carbocycles. The van der Waals surface area contributed by atoms with Gasteiger partial charge in [0.25, 0.3) is 0 Å². The van der Waals surface area contributed by atoms with Crippen LogP contribution in [0.5, 0.6) is 0 Å². The van der Waals surface area contributed by atoms with Crippen LogP contribution in [0.4, 0.5) is 0 Å². The third kappa shape index (κ3) is 20.6. The van der Waals surface area contributed by atoms with E-state index in [-0.39, 0.29) is 0 Å². The summed E-state index contributed by atoms with van der Waals surface area (Å²) in [5.74, 6) is 0.838. The number of hydrogen-bond acceptors (Lipinski definition) is 8. The monoisotopic (exact) mass is 506 g/mol. The van der Waals surface area contributed by atoms with Gasteiger partial charge in [-0.05, 0) is 64.3 Å². The van der Waals surface area contributed by atoms with Crippen LogP contribution in [0.25, 0.3) is 0 Å². The molecule has 0 spiro atoms. The molecule has 0 aromatic rings. The minimum absolute atomic E-state index is 0.833. The summed E-state index contributed by atoms with van der Waals surface area (Å²) in [6.07, 6.45) is 3.52. The molecule has 1 N–H and O–H groups in total. The lowest BCUT2D eigenvalue weighted by Gasteiger charge is -2.33. The van der Waals surface area contributed by atoms with Crippen molar-refractivity contribution in [3.8, 4) is 0 Å². The maximum atomic E-state index is 9.95. The van der Waals surface area contributed by atoms with E-state index in [1.807, 2.05) is 0 Å². The Kier molecular flexibility index (Phi) is 17.4. The number of rotatable bonds is 10. The van der Waals surface area contributed by atoms with Crippen LogP contribution in [0.1, 0.15) is 19.3 Å². The van der Waals surface area contributed by atoms with Gasteiger partial charge in [-0.25, -0.2) is 0 Å². The third-order valence-electron chi connectivity index (χ3n) is 3.39. The molecule has 12 heteroatoms. The Balaban J connectivity index is 0. The fraction of sp³-hybridized carbons (Fsp3) is 1.00. The second kappa shape index (κ2) is 15.7. The molecule has 0 aromatic heterocycles. The van der Waals surface area contributed by atoms with E-state index in [0.717, 1.165) is 31.4 Å². The third-order valence-corrected chi connectivity index (χ3v) is 14.5. The first-order valence-electron chi connectivity index (χ1n) is 10.1. The summed E-state index contributed by atoms with van der Waals surface area (Å²) >= 11 is 4.10. The molecule has 1 aliphatic rings. The molecule has 1 saturated heterocycles. The second-order valence-electron chi connectivity index (χ2n) is 8.77. The zero-order chi connectivity index (χ0) is 23.2. The van der Waals surface area contributed by atoms with E-state index in [1.54, 1.807) is 27.9 Å². The Morgan fingerprint density at radius 3 is 1.38 bits per heavy atom. The first-order valence-corrected chi connectivity index (χ1v) is 21.8. The predicted octanol–water partition coefficient (Wildman–Crippen LogP) is 4.23. The van der Waals surface area contributed by atoms with Gasteiger partial charge in [0.2, 0.25) is 0 Å². The maximum absolute atomic E-state index is 9.95. The Morgan fingerprint density at radius 1 is 0.793 bits per heavy atom. The molecule has 7 nitrogen and oxygen atoms in total. The molecule has 1 fully saturated rings. The normalized spacial score (nSPS) is 15.3. The Morgan fingerprint density at radius 2 is 1.17 bits per heavy atom. The number of hydrogen-bond donors (Lipinski definition) is 2. The van der Waals surface area contributed by atoms with Crippen LogP contribution in [-0.4, -0.2) is 79.3 Å². The highest BCUT2D eigenvalue weighted by Crippen LogP contribution is 2.17. The van der Waals surface area contributed by atoms with Crippen LogP contribution >= 0.6 is 12.6 Å². The van der Waals surface area contributed by atoms with E-state index in [0.29, 0.717) is 0 Å². The second-order valence-corrected chi connectivity index (χ2v) is 24.2. The van der Waals surface area contributed by atoms with Crippen LogP contribution in [0.2, 0.25) is 51.9 Å². The summed E-state index contributed by atoms with van der Waals surface area (Å²) in [6.45, 7) is 16.1. The molecule has 0 unspecified atom stereocenters. The van der Waals surface area contributed by atoms with E-state index >= 15 is 0 Å². The quantitative estimate of drug-likeness (QED) is 0.339. The van der Waals surface area contributed by atoms with E-state index in [4.69, 9.17) is 26.2 Å². The van der Waals surface area contributed by atoms with Crippen LogP contribution in [0, 0.1) is 0 Å². The molecule has 1 heterocycles. The standard InChI is InChI=1S/C7H22O3Si3.C6H16O3SSi.C4H8O/c1-11(2,3)9-13(7,8)10-12(4,5)6;1-7-11(8-2,9-3)6-4-5-10;1-2-4-5-3-1/h8H,1-7H3;10H,4-6H2,1-3H3;1-4H2. The minimum Gasteiger partial charge on any atom is -0.417 e. The molecule has 0 radical (unpaired) electrons. The van der Waals surface area contributed by atoms with Gasteiger partial charge < -0.3 is 31.0 Å². The van der Waals surface area contributed by atoms with Crippen molar-refractivity contribution in [2.75, 3.05) is 40.3 Å². The molecular weight excluding hydrogens is 461 g/mol. The van der Waals surface area contributed by atoms with Crippen LogP contribution in [0.3, 0.4) is 0 Å². The highest BCUT2D eigenvalue weighted by atomic mass is 32.1. The average Bonchev–Trinajstić information content (AvgIpc) is 3.12. The molecule has 0 amide bonds. The fourth-order valence-electron chi connectivity index (χ4n) is 2.52. The lowest BCUT2D eigenvalue weighted by atomic mass is 10.4. The highest BCUT2D eigenvalue weighted by molar-refractivity contribution is 7.80. The smallest absolute Gasteiger partial charge is 0.417 e. The number of thiol groups is 1. The van der Waals surface area contributed by atoms with Gasteiger partial charge in [0.05, 0.1) is 0 Å². The van der Waals surface area contributed by atoms with Crippen molar-refractivity contribution in [3.63, 3.8) is 0 Å². The van der Waals surface area contributed by atoms with Crippen molar-refractivity contribution in [2.24, 2.45) is 0 Å². The van der Waals surface area contributed by atoms with Gasteiger partial charge in [-0.1, -0.05) is 0 Å². The van der Waals surface area contributed by atoms with Gasteiger partial charge in [0.15, 0.2) is 16.6 Å². The Bertz CT molecular complexity index is 362. The predicted molar refractivity (Wildman–Crippen MR) is 133 cm³/mol. The molecule has 1 rings (SSSR count). The summed E-state index contributed by atoms with van der Waals surface area (Å²) in [5, 5.41) is 0. The van der Waals surface area contributed by atoms with Gasteiger partial charge in [0, 0.05) is 47.1 Å². The summed E-state index contributed by atoms with van der Waals surface area (Å²) in [5.41, 5.74) is 0. The van der Waals surface area contributed by atoms with E-state index in [9.17, 15) is 4.80 Å². The molecule has 29 heavy (non-hydrogen) atoms. The highest BCUT2D eigenvalue weighted by Gasteiger charge is 2.39. The topological polar surface area (TPSA) is 75.6 Å². The molecule has 178 valence electrons. The summed E-state index contributed by atoms with van der Waals surface area (Å²) < 4.78 is 31.8. The van der Waals surface area contributed by atoms with Gasteiger partial charge in [-0.2, -0.15) is 12.6 Å². The Hall–Kier alpha value is 0.938. The zero-order valence-corrected chi connectivity index (χ0v) is 25.2. The fourth-order valence-corrected chi connectivity index (χ4v) is 14.3. The lowest BCUT2D eigenvalue weighted by Crippen LogP contribution is -2.52. The first-order chi connectivity index (χ1) is 13.2. The van der Waals surface area contributed by atoms with Crippen molar-refractivity contribution >= 4 is 46.9 Å². The van der Waals surface area contributed by atoms with Gasteiger partial charge in [-0.3, -0.25) is 0 Å². The van der Waals surface area contributed by atoms with Crippen molar-refractivity contribution < 1.29 is 31.0 Å². The maximum Gasteiger partial charge on any atom is 0.500 e. The van der Waals surface area contributed by atoms with E-state index in [1.165, 1.54) is 12.8 Å². The minimum atomic E-state index is -2.85. The van der Waals surface area contributed by atoms with Crippen LogP contribution in [-0.2, 0) is 26.2 Å². The molecule has 1 aliphatic heterocycles. The molecule has 0 saturated carbocycles. The van der Waals surface area contributed by atoms with Crippen molar-refractivity contribution in [3.05, 3.63) is 0 Å². The number of ether oxygens (including phenoxy) is 1. The summed E-state index contributed by atoms with van der Waals surface area (Å²) in [7, 11) is -3.64. The van der Waals surface area contributed by atoms with Gasteiger partial charge in [-0.15, -0.1) is 0 Å². The van der Waals surface area contributed by atoms with Crippen LogP contribution < -0.4 is 0 Å². The van der Waals surface area contributed by atoms with E-state index < -0.39 is 34.2 Å². The molecule has 0 atom stereocenters. The van der Waals surface area contributed by atoms with Crippen molar-refractivity contribution in [2.45, 2.75) is 71.1 Å². The zero-order valence-electron chi connectivity index (χ0n) is 20.3.